The molecule has 2 heterocycles. The quantitative estimate of drug-likeness (QED) is 0.108. The average molecular weight is 640 g/mol. The van der Waals surface area contributed by atoms with Gasteiger partial charge in [-0.1, -0.05) is 40.7 Å². The fraction of sp³-hybridized carbons (Fsp3) is 0.200. The van der Waals surface area contributed by atoms with Gasteiger partial charge in [0.15, 0.2) is 17.3 Å². The highest BCUT2D eigenvalue weighted by Crippen LogP contribution is 2.38. The molecule has 0 radical (unpaired) electrons. The van der Waals surface area contributed by atoms with Crippen molar-refractivity contribution >= 4 is 28.9 Å². The lowest BCUT2D eigenvalue weighted by Gasteiger charge is -2.12. The maximum absolute atomic E-state index is 12.6. The second-order valence-electron chi connectivity index (χ2n) is 9.99. The summed E-state index contributed by atoms with van der Waals surface area (Å²) in [5.74, 6) is 2.60. The summed E-state index contributed by atoms with van der Waals surface area (Å²) in [4.78, 5) is 24.4. The molecule has 0 atom stereocenters. The van der Waals surface area contributed by atoms with E-state index in [1.165, 1.54) is 39.5 Å². The van der Waals surface area contributed by atoms with Crippen molar-refractivity contribution in [3.05, 3.63) is 106 Å². The first-order valence-electron chi connectivity index (χ1n) is 14.5. The average Bonchev–Trinajstić information content (AvgIpc) is 3.55. The zero-order valence-corrected chi connectivity index (χ0v) is 26.3. The van der Waals surface area contributed by atoms with Gasteiger partial charge in [-0.15, -0.1) is 0 Å². The molecule has 0 saturated heterocycles. The first-order valence-corrected chi connectivity index (χ1v) is 14.5. The summed E-state index contributed by atoms with van der Waals surface area (Å²) >= 11 is 0. The highest BCUT2D eigenvalue weighted by Gasteiger charge is 2.12. The van der Waals surface area contributed by atoms with E-state index in [-0.39, 0.29) is 19.0 Å². The van der Waals surface area contributed by atoms with Crippen molar-refractivity contribution < 1.29 is 37.6 Å². The van der Waals surface area contributed by atoms with Crippen LogP contribution in [-0.2, 0) is 17.9 Å². The van der Waals surface area contributed by atoms with Crippen molar-refractivity contribution in [1.29, 1.82) is 0 Å². The molecule has 2 aromatic heterocycles. The number of carbonyl (C=O) groups excluding carboxylic acids is 1. The standard InChI is InChI=1S/C35H33N3O9/c1-41-29-19-24(9-11-25(29)12-14-26(39)13-10-23-17-31(42-2)35(44-4)32(18-23)43-3)22-46-33-21-38(37-36-33)15-16-45-30-20-34(40)47-28-8-6-5-7-27(28)30/h5-14,17-21H,15-16,22H2,1-4H3/b13-10+,14-12+. The minimum atomic E-state index is -0.481. The lowest BCUT2D eigenvalue weighted by atomic mass is 10.1. The minimum Gasteiger partial charge on any atom is -0.496 e. The zero-order chi connectivity index (χ0) is 33.2. The molecule has 0 fully saturated rings. The Morgan fingerprint density at radius 3 is 2.32 bits per heavy atom. The molecule has 0 saturated carbocycles. The molecule has 0 unspecified atom stereocenters. The molecule has 0 amide bonds. The van der Waals surface area contributed by atoms with E-state index in [1.54, 1.807) is 54.4 Å². The molecule has 0 aliphatic heterocycles. The maximum atomic E-state index is 12.6. The smallest absolute Gasteiger partial charge is 0.339 e. The molecule has 12 heteroatoms. The lowest BCUT2D eigenvalue weighted by molar-refractivity contribution is -0.110. The van der Waals surface area contributed by atoms with Crippen molar-refractivity contribution in [2.24, 2.45) is 0 Å². The molecule has 12 nitrogen and oxygen atoms in total. The zero-order valence-electron chi connectivity index (χ0n) is 26.3. The predicted molar refractivity (Wildman–Crippen MR) is 174 cm³/mol. The Kier molecular flexibility index (Phi) is 10.5. The summed E-state index contributed by atoms with van der Waals surface area (Å²) in [6.07, 6.45) is 7.92. The van der Waals surface area contributed by atoms with Gasteiger partial charge in [-0.3, -0.25) is 4.79 Å². The van der Waals surface area contributed by atoms with E-state index in [0.717, 1.165) is 11.1 Å². The third-order valence-electron chi connectivity index (χ3n) is 6.95. The molecule has 0 spiro atoms. The number of ether oxygens (including phenoxy) is 6. The normalized spacial score (nSPS) is 11.2. The van der Waals surface area contributed by atoms with E-state index in [9.17, 15) is 9.59 Å². The summed E-state index contributed by atoms with van der Waals surface area (Å²) in [6.45, 7) is 0.861. The third kappa shape index (κ3) is 8.17. The Morgan fingerprint density at radius 2 is 1.57 bits per heavy atom. The number of rotatable bonds is 15. The second kappa shape index (κ2) is 15.3. The van der Waals surface area contributed by atoms with Crippen molar-refractivity contribution in [1.82, 2.24) is 15.0 Å². The molecular formula is C35H33N3O9. The van der Waals surface area contributed by atoms with Gasteiger partial charge in [-0.05, 0) is 59.7 Å². The molecule has 0 aliphatic carbocycles. The Morgan fingerprint density at radius 1 is 0.830 bits per heavy atom. The van der Waals surface area contributed by atoms with Crippen LogP contribution in [0.1, 0.15) is 16.7 Å². The van der Waals surface area contributed by atoms with Crippen LogP contribution >= 0.6 is 0 Å². The van der Waals surface area contributed by atoms with Crippen molar-refractivity contribution in [2.75, 3.05) is 35.0 Å². The van der Waals surface area contributed by atoms with Crippen LogP contribution in [0.3, 0.4) is 0 Å². The molecular weight excluding hydrogens is 606 g/mol. The monoisotopic (exact) mass is 639 g/mol. The third-order valence-corrected chi connectivity index (χ3v) is 6.95. The molecule has 47 heavy (non-hydrogen) atoms. The van der Waals surface area contributed by atoms with Crippen LogP contribution < -0.4 is 34.0 Å². The molecule has 5 rings (SSSR count). The van der Waals surface area contributed by atoms with Crippen LogP contribution in [0.5, 0.6) is 34.6 Å². The topological polar surface area (TPSA) is 133 Å². The second-order valence-corrected chi connectivity index (χ2v) is 9.99. The Bertz CT molecular complexity index is 1950. The highest BCUT2D eigenvalue weighted by molar-refractivity contribution is 6.04. The molecule has 242 valence electrons. The van der Waals surface area contributed by atoms with E-state index < -0.39 is 5.63 Å². The van der Waals surface area contributed by atoms with Gasteiger partial charge >= 0.3 is 5.63 Å². The lowest BCUT2D eigenvalue weighted by Crippen LogP contribution is -2.10. The van der Waals surface area contributed by atoms with Crippen LogP contribution in [0.4, 0.5) is 0 Å². The van der Waals surface area contributed by atoms with Crippen molar-refractivity contribution in [2.45, 2.75) is 13.2 Å². The summed E-state index contributed by atoms with van der Waals surface area (Å²) in [5.41, 5.74) is 2.25. The first-order chi connectivity index (χ1) is 22.9. The Labute approximate surface area is 270 Å². The number of para-hydroxylation sites is 1. The number of hydrogen-bond donors (Lipinski definition) is 0. The van der Waals surface area contributed by atoms with Crippen LogP contribution in [0.25, 0.3) is 23.1 Å². The molecule has 3 aromatic carbocycles. The van der Waals surface area contributed by atoms with E-state index in [4.69, 9.17) is 32.8 Å². The minimum absolute atomic E-state index is 0.218. The Hall–Kier alpha value is -6.04. The molecule has 0 N–H and O–H groups in total. The number of methoxy groups -OCH3 is 4. The van der Waals surface area contributed by atoms with Gasteiger partial charge in [-0.2, -0.15) is 0 Å². The maximum Gasteiger partial charge on any atom is 0.339 e. The number of carbonyl (C=O) groups is 1. The van der Waals surface area contributed by atoms with Gasteiger partial charge in [0, 0.05) is 5.56 Å². The number of allylic oxidation sites excluding steroid dienone is 2. The number of benzene rings is 3. The number of fused-ring (bicyclic) bond motifs is 1. The Balaban J connectivity index is 1.15. The van der Waals surface area contributed by atoms with E-state index in [2.05, 4.69) is 10.3 Å². The van der Waals surface area contributed by atoms with Crippen LogP contribution in [0.2, 0.25) is 0 Å². The van der Waals surface area contributed by atoms with Crippen LogP contribution in [0, 0.1) is 0 Å². The van der Waals surface area contributed by atoms with Gasteiger partial charge in [0.2, 0.25) is 5.75 Å². The molecule has 5 aromatic rings. The summed E-state index contributed by atoms with van der Waals surface area (Å²) < 4.78 is 40.1. The number of aromatic nitrogens is 3. The predicted octanol–water partition coefficient (Wildman–Crippen LogP) is 5.37. The first kappa shape index (κ1) is 32.4. The van der Waals surface area contributed by atoms with Gasteiger partial charge in [-0.25, -0.2) is 9.48 Å². The van der Waals surface area contributed by atoms with E-state index in [0.29, 0.717) is 57.7 Å². The van der Waals surface area contributed by atoms with Crippen LogP contribution in [-0.4, -0.2) is 55.8 Å². The number of nitrogens with zero attached hydrogens (tertiary/aromatic N) is 3. The summed E-state index contributed by atoms with van der Waals surface area (Å²) in [5, 5.41) is 8.85. The van der Waals surface area contributed by atoms with Gasteiger partial charge in [0.05, 0.1) is 52.6 Å². The fourth-order valence-corrected chi connectivity index (χ4v) is 4.65. The van der Waals surface area contributed by atoms with E-state index in [1.807, 2.05) is 30.3 Å². The fourth-order valence-electron chi connectivity index (χ4n) is 4.65. The molecule has 0 bridgehead atoms. The summed E-state index contributed by atoms with van der Waals surface area (Å²) in [6, 6.07) is 17.5. The van der Waals surface area contributed by atoms with Gasteiger partial charge in [0.1, 0.15) is 30.3 Å². The number of ketones is 1. The SMILES string of the molecule is COc1cc(COc2cn(CCOc3cc(=O)oc4ccccc34)nn2)ccc1/C=C/C(=O)/C=C/c1cc(OC)c(OC)c(OC)c1. The highest BCUT2D eigenvalue weighted by atomic mass is 16.5. The largest absolute Gasteiger partial charge is 0.496 e. The van der Waals surface area contributed by atoms with E-state index >= 15 is 0 Å². The summed E-state index contributed by atoms with van der Waals surface area (Å²) in [7, 11) is 6.15. The molecule has 0 aliphatic rings. The van der Waals surface area contributed by atoms with Gasteiger partial charge in [0.25, 0.3) is 5.88 Å². The van der Waals surface area contributed by atoms with Crippen LogP contribution in [0.15, 0.2) is 88.2 Å². The van der Waals surface area contributed by atoms with Crippen molar-refractivity contribution in [3.8, 4) is 34.6 Å². The van der Waals surface area contributed by atoms with Crippen molar-refractivity contribution in [3.63, 3.8) is 0 Å². The van der Waals surface area contributed by atoms with Gasteiger partial charge < -0.3 is 32.8 Å². The number of hydrogen-bond acceptors (Lipinski definition) is 11.